The van der Waals surface area contributed by atoms with Crippen LogP contribution in [-0.4, -0.2) is 23.4 Å². The maximum atomic E-state index is 11.8. The number of piperidine rings is 1. The fraction of sp³-hybridized carbons (Fsp3) is 0.429. The Hall–Kier alpha value is -1.84. The Bertz CT molecular complexity index is 430. The summed E-state index contributed by atoms with van der Waals surface area (Å²) in [4.78, 5) is 24.6. The summed E-state index contributed by atoms with van der Waals surface area (Å²) in [6, 6.07) is 9.44. The lowest BCUT2D eigenvalue weighted by atomic mass is 10.0. The molecule has 0 bridgehead atoms. The molecule has 0 aromatic heterocycles. The van der Waals surface area contributed by atoms with Crippen LogP contribution in [0.3, 0.4) is 0 Å². The van der Waals surface area contributed by atoms with Crippen LogP contribution in [0, 0.1) is 5.92 Å². The summed E-state index contributed by atoms with van der Waals surface area (Å²) in [5, 5.41) is 0. The molecule has 1 aromatic carbocycles. The molecule has 2 amide bonds. The van der Waals surface area contributed by atoms with Gasteiger partial charge in [0.2, 0.25) is 5.91 Å². The minimum Gasteiger partial charge on any atom is -0.444 e. The Morgan fingerprint density at radius 3 is 2.83 bits per heavy atom. The quantitative estimate of drug-likeness (QED) is 0.807. The van der Waals surface area contributed by atoms with Gasteiger partial charge < -0.3 is 4.74 Å². The van der Waals surface area contributed by atoms with E-state index in [1.54, 1.807) is 0 Å². The zero-order valence-electron chi connectivity index (χ0n) is 10.5. The maximum absolute atomic E-state index is 11.8. The standard InChI is InChI=1S/C14H17NO3/c1-11-7-8-13(16)15(9-11)14(17)18-10-12-5-3-2-4-6-12/h2-6,11H,7-10H2,1H3. The summed E-state index contributed by atoms with van der Waals surface area (Å²) in [6.07, 6.45) is 0.749. The van der Waals surface area contributed by atoms with Gasteiger partial charge in [0.05, 0.1) is 0 Å². The van der Waals surface area contributed by atoms with Crippen LogP contribution >= 0.6 is 0 Å². The minimum absolute atomic E-state index is 0.133. The van der Waals surface area contributed by atoms with Crippen molar-refractivity contribution in [2.45, 2.75) is 26.4 Å². The minimum atomic E-state index is -0.532. The number of carbonyl (C=O) groups excluding carboxylic acids is 2. The molecule has 0 radical (unpaired) electrons. The van der Waals surface area contributed by atoms with Crippen LogP contribution in [0.1, 0.15) is 25.3 Å². The van der Waals surface area contributed by atoms with Crippen molar-refractivity contribution in [3.8, 4) is 0 Å². The van der Waals surface area contributed by atoms with Crippen molar-refractivity contribution in [2.75, 3.05) is 6.54 Å². The zero-order valence-corrected chi connectivity index (χ0v) is 10.5. The van der Waals surface area contributed by atoms with Gasteiger partial charge in [-0.2, -0.15) is 0 Å². The second-order valence-corrected chi connectivity index (χ2v) is 4.69. The van der Waals surface area contributed by atoms with E-state index in [0.717, 1.165) is 12.0 Å². The topological polar surface area (TPSA) is 46.6 Å². The van der Waals surface area contributed by atoms with Crippen molar-refractivity contribution in [2.24, 2.45) is 5.92 Å². The molecule has 1 heterocycles. The van der Waals surface area contributed by atoms with Crippen molar-refractivity contribution >= 4 is 12.0 Å². The second kappa shape index (κ2) is 5.67. The molecule has 1 atom stereocenters. The summed E-state index contributed by atoms with van der Waals surface area (Å²) in [5.74, 6) is 0.220. The summed E-state index contributed by atoms with van der Waals surface area (Å²) >= 11 is 0. The van der Waals surface area contributed by atoms with Gasteiger partial charge in [-0.15, -0.1) is 0 Å². The molecule has 96 valence electrons. The van der Waals surface area contributed by atoms with Gasteiger partial charge in [-0.3, -0.25) is 4.79 Å². The first-order chi connectivity index (χ1) is 8.66. The van der Waals surface area contributed by atoms with Crippen LogP contribution in [0.5, 0.6) is 0 Å². The molecule has 0 aliphatic carbocycles. The van der Waals surface area contributed by atoms with Gasteiger partial charge >= 0.3 is 6.09 Å². The predicted molar refractivity (Wildman–Crippen MR) is 66.7 cm³/mol. The van der Waals surface area contributed by atoms with Gasteiger partial charge in [0, 0.05) is 13.0 Å². The normalized spacial score (nSPS) is 19.7. The molecule has 4 nitrogen and oxygen atoms in total. The molecule has 1 aromatic rings. The fourth-order valence-corrected chi connectivity index (χ4v) is 1.98. The van der Waals surface area contributed by atoms with Gasteiger partial charge in [-0.25, -0.2) is 9.69 Å². The summed E-state index contributed by atoms with van der Waals surface area (Å²) in [7, 11) is 0. The number of ether oxygens (including phenoxy) is 1. The molecule has 1 aliphatic rings. The monoisotopic (exact) mass is 247 g/mol. The highest BCUT2D eigenvalue weighted by atomic mass is 16.6. The predicted octanol–water partition coefficient (Wildman–Crippen LogP) is 2.58. The lowest BCUT2D eigenvalue weighted by molar-refractivity contribution is -0.132. The van der Waals surface area contributed by atoms with Crippen molar-refractivity contribution in [1.82, 2.24) is 4.90 Å². The lowest BCUT2D eigenvalue weighted by Crippen LogP contribution is -2.43. The average molecular weight is 247 g/mol. The van der Waals surface area contributed by atoms with Gasteiger partial charge in [0.25, 0.3) is 0 Å². The van der Waals surface area contributed by atoms with E-state index in [1.165, 1.54) is 4.90 Å². The van der Waals surface area contributed by atoms with Crippen molar-refractivity contribution in [1.29, 1.82) is 0 Å². The number of likely N-dealkylation sites (tertiary alicyclic amines) is 1. The molecule has 2 rings (SSSR count). The van der Waals surface area contributed by atoms with Gasteiger partial charge in [-0.05, 0) is 17.9 Å². The fourth-order valence-electron chi connectivity index (χ4n) is 1.98. The highest BCUT2D eigenvalue weighted by molar-refractivity contribution is 5.92. The molecule has 1 saturated heterocycles. The van der Waals surface area contributed by atoms with E-state index < -0.39 is 6.09 Å². The highest BCUT2D eigenvalue weighted by Gasteiger charge is 2.29. The Morgan fingerprint density at radius 2 is 2.11 bits per heavy atom. The summed E-state index contributed by atoms with van der Waals surface area (Å²) < 4.78 is 5.15. The maximum Gasteiger partial charge on any atom is 0.416 e. The number of carbonyl (C=O) groups is 2. The molecular weight excluding hydrogens is 230 g/mol. The number of amides is 2. The number of imide groups is 1. The third kappa shape index (κ3) is 3.09. The largest absolute Gasteiger partial charge is 0.444 e. The third-order valence-electron chi connectivity index (χ3n) is 3.07. The molecule has 1 fully saturated rings. The third-order valence-corrected chi connectivity index (χ3v) is 3.07. The van der Waals surface area contributed by atoms with E-state index in [1.807, 2.05) is 37.3 Å². The number of nitrogens with zero attached hydrogens (tertiary/aromatic N) is 1. The van der Waals surface area contributed by atoms with Gasteiger partial charge in [0.15, 0.2) is 0 Å². The number of hydrogen-bond donors (Lipinski definition) is 0. The number of rotatable bonds is 2. The van der Waals surface area contributed by atoms with E-state index >= 15 is 0 Å². The molecule has 18 heavy (non-hydrogen) atoms. The van der Waals surface area contributed by atoms with E-state index in [2.05, 4.69) is 0 Å². The van der Waals surface area contributed by atoms with E-state index in [0.29, 0.717) is 18.9 Å². The first kappa shape index (κ1) is 12.6. The number of benzene rings is 1. The van der Waals surface area contributed by atoms with Crippen LogP contribution in [0.25, 0.3) is 0 Å². The lowest BCUT2D eigenvalue weighted by Gasteiger charge is -2.28. The summed E-state index contributed by atoms with van der Waals surface area (Å²) in [5.41, 5.74) is 0.920. The second-order valence-electron chi connectivity index (χ2n) is 4.69. The Kier molecular flexibility index (Phi) is 3.97. The van der Waals surface area contributed by atoms with Crippen molar-refractivity contribution in [3.05, 3.63) is 35.9 Å². The van der Waals surface area contributed by atoms with E-state index in [-0.39, 0.29) is 12.5 Å². The van der Waals surface area contributed by atoms with E-state index in [9.17, 15) is 9.59 Å². The van der Waals surface area contributed by atoms with Crippen LogP contribution < -0.4 is 0 Å². The van der Waals surface area contributed by atoms with Crippen LogP contribution in [0.4, 0.5) is 4.79 Å². The Labute approximate surface area is 107 Å². The Balaban J connectivity index is 1.89. The smallest absolute Gasteiger partial charge is 0.416 e. The SMILES string of the molecule is CC1CCC(=O)N(C(=O)OCc2ccccc2)C1. The molecule has 0 spiro atoms. The molecular formula is C14H17NO3. The molecule has 0 N–H and O–H groups in total. The van der Waals surface area contributed by atoms with Gasteiger partial charge in [-0.1, -0.05) is 37.3 Å². The van der Waals surface area contributed by atoms with Crippen molar-refractivity contribution in [3.63, 3.8) is 0 Å². The summed E-state index contributed by atoms with van der Waals surface area (Å²) in [6.45, 7) is 2.70. The van der Waals surface area contributed by atoms with Gasteiger partial charge in [0.1, 0.15) is 6.61 Å². The van der Waals surface area contributed by atoms with Crippen molar-refractivity contribution < 1.29 is 14.3 Å². The van der Waals surface area contributed by atoms with E-state index in [4.69, 9.17) is 4.74 Å². The van der Waals surface area contributed by atoms with Crippen LogP contribution in [-0.2, 0) is 16.1 Å². The molecule has 1 unspecified atom stereocenters. The van der Waals surface area contributed by atoms with Crippen LogP contribution in [0.15, 0.2) is 30.3 Å². The molecule has 0 saturated carbocycles. The zero-order chi connectivity index (χ0) is 13.0. The first-order valence-electron chi connectivity index (χ1n) is 6.18. The highest BCUT2D eigenvalue weighted by Crippen LogP contribution is 2.17. The first-order valence-corrected chi connectivity index (χ1v) is 6.18. The molecule has 1 aliphatic heterocycles. The Morgan fingerprint density at radius 1 is 1.39 bits per heavy atom. The molecule has 4 heteroatoms. The number of hydrogen-bond acceptors (Lipinski definition) is 3. The average Bonchev–Trinajstić information content (AvgIpc) is 2.40. The van der Waals surface area contributed by atoms with Crippen LogP contribution in [0.2, 0.25) is 0 Å².